The van der Waals surface area contributed by atoms with Crippen LogP contribution in [0.15, 0.2) is 12.4 Å². The highest BCUT2D eigenvalue weighted by atomic mass is 16.5. The first-order chi connectivity index (χ1) is 6.36. The van der Waals surface area contributed by atoms with Gasteiger partial charge >= 0.3 is 0 Å². The van der Waals surface area contributed by atoms with E-state index in [4.69, 9.17) is 10.5 Å². The molecule has 0 saturated heterocycles. The molecule has 74 valence electrons. The van der Waals surface area contributed by atoms with E-state index < -0.39 is 0 Å². The normalized spacial score (nSPS) is 10.6. The number of aromatic nitrogens is 2. The second-order valence-electron chi connectivity index (χ2n) is 2.93. The molecule has 0 aliphatic carbocycles. The lowest BCUT2D eigenvalue weighted by Crippen LogP contribution is -2.06. The van der Waals surface area contributed by atoms with Crippen LogP contribution in [0.25, 0.3) is 0 Å². The Morgan fingerprint density at radius 1 is 1.54 bits per heavy atom. The molecule has 0 aromatic carbocycles. The average molecular weight is 183 g/mol. The molecule has 1 aromatic rings. The van der Waals surface area contributed by atoms with E-state index in [1.54, 1.807) is 6.20 Å². The van der Waals surface area contributed by atoms with Crippen molar-refractivity contribution in [3.8, 4) is 0 Å². The molecule has 0 spiro atoms. The molecule has 2 N–H and O–H groups in total. The van der Waals surface area contributed by atoms with E-state index in [2.05, 4.69) is 12.0 Å². The van der Waals surface area contributed by atoms with Crippen molar-refractivity contribution in [1.29, 1.82) is 0 Å². The summed E-state index contributed by atoms with van der Waals surface area (Å²) in [5.41, 5.74) is 6.52. The molecular formula is C9H17N3O. The van der Waals surface area contributed by atoms with Crippen molar-refractivity contribution in [2.75, 3.05) is 13.2 Å². The lowest BCUT2D eigenvalue weighted by Gasteiger charge is -2.01. The molecule has 0 aliphatic rings. The minimum Gasteiger partial charge on any atom is -0.380 e. The fraction of sp³-hybridized carbons (Fsp3) is 0.667. The third-order valence-corrected chi connectivity index (χ3v) is 1.74. The Morgan fingerprint density at radius 2 is 2.38 bits per heavy atom. The molecule has 1 aromatic heterocycles. The molecule has 0 radical (unpaired) electrons. The molecule has 1 heterocycles. The zero-order valence-corrected chi connectivity index (χ0v) is 8.07. The van der Waals surface area contributed by atoms with Crippen LogP contribution in [-0.2, 0) is 17.8 Å². The summed E-state index contributed by atoms with van der Waals surface area (Å²) in [6.07, 6.45) is 4.81. The van der Waals surface area contributed by atoms with Crippen LogP contribution in [0.5, 0.6) is 0 Å². The second-order valence-corrected chi connectivity index (χ2v) is 2.93. The average Bonchev–Trinajstić information content (AvgIpc) is 2.60. The van der Waals surface area contributed by atoms with Crippen LogP contribution < -0.4 is 5.73 Å². The smallest absolute Gasteiger partial charge is 0.0662 e. The van der Waals surface area contributed by atoms with E-state index in [1.807, 2.05) is 10.9 Å². The van der Waals surface area contributed by atoms with Gasteiger partial charge in [-0.1, -0.05) is 6.92 Å². The monoisotopic (exact) mass is 183 g/mol. The van der Waals surface area contributed by atoms with Crippen molar-refractivity contribution in [3.05, 3.63) is 18.0 Å². The summed E-state index contributed by atoms with van der Waals surface area (Å²) < 4.78 is 7.20. The van der Waals surface area contributed by atoms with Crippen LogP contribution in [-0.4, -0.2) is 23.0 Å². The van der Waals surface area contributed by atoms with Gasteiger partial charge < -0.3 is 10.5 Å². The lowest BCUT2D eigenvalue weighted by molar-refractivity contribution is 0.124. The fourth-order valence-corrected chi connectivity index (χ4v) is 1.04. The number of rotatable bonds is 6. The van der Waals surface area contributed by atoms with Gasteiger partial charge in [-0.25, -0.2) is 0 Å². The fourth-order valence-electron chi connectivity index (χ4n) is 1.04. The largest absolute Gasteiger partial charge is 0.380 e. The Hall–Kier alpha value is -0.870. The molecule has 0 fully saturated rings. The number of ether oxygens (including phenoxy) is 1. The number of hydrogen-bond donors (Lipinski definition) is 1. The molecule has 4 nitrogen and oxygen atoms in total. The minimum atomic E-state index is 0.551. The first kappa shape index (κ1) is 10.2. The third kappa shape index (κ3) is 3.57. The molecule has 0 bridgehead atoms. The van der Waals surface area contributed by atoms with Crippen LogP contribution in [0, 0.1) is 0 Å². The molecule has 0 amide bonds. The van der Waals surface area contributed by atoms with E-state index in [9.17, 15) is 0 Å². The summed E-state index contributed by atoms with van der Waals surface area (Å²) in [7, 11) is 0. The van der Waals surface area contributed by atoms with E-state index in [-0.39, 0.29) is 0 Å². The van der Waals surface area contributed by atoms with Crippen molar-refractivity contribution in [3.63, 3.8) is 0 Å². The summed E-state index contributed by atoms with van der Waals surface area (Å²) in [5.74, 6) is 0. The summed E-state index contributed by atoms with van der Waals surface area (Å²) in [4.78, 5) is 0. The van der Waals surface area contributed by atoms with Gasteiger partial charge in [-0.05, 0) is 6.42 Å². The first-order valence-electron chi connectivity index (χ1n) is 4.66. The van der Waals surface area contributed by atoms with Gasteiger partial charge in [0.05, 0.1) is 19.3 Å². The van der Waals surface area contributed by atoms with Crippen LogP contribution in [0.2, 0.25) is 0 Å². The van der Waals surface area contributed by atoms with Gasteiger partial charge in [0, 0.05) is 24.9 Å². The van der Waals surface area contributed by atoms with Crippen molar-refractivity contribution < 1.29 is 4.74 Å². The van der Waals surface area contributed by atoms with E-state index >= 15 is 0 Å². The molecule has 0 unspecified atom stereocenters. The van der Waals surface area contributed by atoms with Gasteiger partial charge in [-0.3, -0.25) is 4.68 Å². The molecule has 13 heavy (non-hydrogen) atoms. The van der Waals surface area contributed by atoms with E-state index in [1.165, 1.54) is 0 Å². The summed E-state index contributed by atoms with van der Waals surface area (Å²) >= 11 is 0. The number of nitrogens with zero attached hydrogens (tertiary/aromatic N) is 2. The quantitative estimate of drug-likeness (QED) is 0.663. The van der Waals surface area contributed by atoms with Crippen LogP contribution in [0.1, 0.15) is 18.9 Å². The van der Waals surface area contributed by atoms with Crippen LogP contribution in [0.3, 0.4) is 0 Å². The Kier molecular flexibility index (Phi) is 4.49. The molecule has 0 atom stereocenters. The maximum absolute atomic E-state index is 5.45. The second kappa shape index (κ2) is 5.72. The van der Waals surface area contributed by atoms with Crippen LogP contribution >= 0.6 is 0 Å². The minimum absolute atomic E-state index is 0.551. The van der Waals surface area contributed by atoms with Gasteiger partial charge in [0.2, 0.25) is 0 Å². The Morgan fingerprint density at radius 3 is 3.00 bits per heavy atom. The van der Waals surface area contributed by atoms with Crippen molar-refractivity contribution in [2.24, 2.45) is 5.73 Å². The standard InChI is InChI=1S/C9H17N3O/c1-2-4-13-5-3-12-8-9(6-10)7-11-12/h7-8H,2-6,10H2,1H3. The summed E-state index contributed by atoms with van der Waals surface area (Å²) in [5, 5.41) is 4.14. The number of hydrogen-bond acceptors (Lipinski definition) is 3. The van der Waals surface area contributed by atoms with Gasteiger partial charge in [0.25, 0.3) is 0 Å². The van der Waals surface area contributed by atoms with E-state index in [0.29, 0.717) is 6.54 Å². The Labute approximate surface area is 78.7 Å². The van der Waals surface area contributed by atoms with Crippen molar-refractivity contribution in [1.82, 2.24) is 9.78 Å². The zero-order chi connectivity index (χ0) is 9.52. The zero-order valence-electron chi connectivity index (χ0n) is 8.07. The maximum Gasteiger partial charge on any atom is 0.0662 e. The predicted molar refractivity (Wildman–Crippen MR) is 51.2 cm³/mol. The topological polar surface area (TPSA) is 53.1 Å². The van der Waals surface area contributed by atoms with Crippen molar-refractivity contribution in [2.45, 2.75) is 26.4 Å². The van der Waals surface area contributed by atoms with Gasteiger partial charge in [-0.15, -0.1) is 0 Å². The highest BCUT2D eigenvalue weighted by molar-refractivity contribution is 5.02. The van der Waals surface area contributed by atoms with Gasteiger partial charge in [0.15, 0.2) is 0 Å². The molecule has 0 aliphatic heterocycles. The molecule has 0 saturated carbocycles. The SMILES string of the molecule is CCCOCCn1cc(CN)cn1. The van der Waals surface area contributed by atoms with Gasteiger partial charge in [0.1, 0.15) is 0 Å². The van der Waals surface area contributed by atoms with Gasteiger partial charge in [-0.2, -0.15) is 5.10 Å². The molecular weight excluding hydrogens is 166 g/mol. The van der Waals surface area contributed by atoms with E-state index in [0.717, 1.165) is 31.7 Å². The lowest BCUT2D eigenvalue weighted by atomic mass is 10.4. The third-order valence-electron chi connectivity index (χ3n) is 1.74. The predicted octanol–water partition coefficient (Wildman–Crippen LogP) is 0.768. The Balaban J connectivity index is 2.20. The Bertz CT molecular complexity index is 235. The highest BCUT2D eigenvalue weighted by Gasteiger charge is 1.95. The van der Waals surface area contributed by atoms with Crippen LogP contribution in [0.4, 0.5) is 0 Å². The maximum atomic E-state index is 5.45. The summed E-state index contributed by atoms with van der Waals surface area (Å²) in [6, 6.07) is 0. The molecule has 4 heteroatoms. The van der Waals surface area contributed by atoms with Crippen molar-refractivity contribution >= 4 is 0 Å². The summed E-state index contributed by atoms with van der Waals surface area (Å²) in [6.45, 7) is 5.00. The number of nitrogens with two attached hydrogens (primary N) is 1. The molecule has 1 rings (SSSR count). The first-order valence-corrected chi connectivity index (χ1v) is 4.66. The highest BCUT2D eigenvalue weighted by Crippen LogP contribution is 1.95.